The maximum absolute atomic E-state index is 11.6. The number of aromatic nitrogens is 1. The van der Waals surface area contributed by atoms with Crippen LogP contribution in [-0.4, -0.2) is 16.8 Å². The van der Waals surface area contributed by atoms with Crippen molar-refractivity contribution in [2.45, 2.75) is 19.3 Å². The molecule has 3 rings (SSSR count). The molecule has 0 aliphatic carbocycles. The minimum absolute atomic E-state index is 0.0150. The van der Waals surface area contributed by atoms with Crippen LogP contribution < -0.4 is 11.1 Å². The summed E-state index contributed by atoms with van der Waals surface area (Å²) in [6, 6.07) is 5.86. The maximum atomic E-state index is 11.6. The number of nitrogens with one attached hydrogen (secondary N) is 1. The van der Waals surface area contributed by atoms with Crippen LogP contribution in [-0.2, 0) is 22.4 Å². The van der Waals surface area contributed by atoms with E-state index in [2.05, 4.69) is 10.3 Å². The van der Waals surface area contributed by atoms with Crippen LogP contribution in [0.4, 0.5) is 5.82 Å². The van der Waals surface area contributed by atoms with E-state index >= 15 is 0 Å². The lowest BCUT2D eigenvalue weighted by molar-refractivity contribution is -0.116. The number of nitrogens with zero attached hydrogens (tertiary/aromatic N) is 1. The summed E-state index contributed by atoms with van der Waals surface area (Å²) < 4.78 is 0. The second kappa shape index (κ2) is 6.11. The fraction of sp³-hybridized carbons (Fsp3) is 0.188. The van der Waals surface area contributed by atoms with Crippen molar-refractivity contribution < 1.29 is 9.59 Å². The number of rotatable bonds is 4. The Hall–Kier alpha value is -2.47. The molecule has 3 heterocycles. The molecule has 22 heavy (non-hydrogen) atoms. The van der Waals surface area contributed by atoms with Crippen LogP contribution in [0.2, 0.25) is 0 Å². The van der Waals surface area contributed by atoms with Gasteiger partial charge in [0, 0.05) is 29.5 Å². The molecule has 0 aromatic carbocycles. The molecule has 5 nitrogen and oxygen atoms in total. The van der Waals surface area contributed by atoms with Crippen molar-refractivity contribution in [1.29, 1.82) is 0 Å². The summed E-state index contributed by atoms with van der Waals surface area (Å²) in [6.45, 7) is 0. The zero-order valence-electron chi connectivity index (χ0n) is 11.8. The summed E-state index contributed by atoms with van der Waals surface area (Å²) in [4.78, 5) is 28.3. The van der Waals surface area contributed by atoms with Crippen LogP contribution in [0.5, 0.6) is 0 Å². The molecule has 0 unspecified atom stereocenters. The molecule has 0 atom stereocenters. The number of pyridine rings is 1. The van der Waals surface area contributed by atoms with Crippen LogP contribution in [0.15, 0.2) is 35.3 Å². The Bertz CT molecular complexity index is 751. The van der Waals surface area contributed by atoms with Gasteiger partial charge < -0.3 is 11.1 Å². The third-order valence-electron chi connectivity index (χ3n) is 3.47. The van der Waals surface area contributed by atoms with Crippen molar-refractivity contribution in [3.05, 3.63) is 51.4 Å². The van der Waals surface area contributed by atoms with Crippen molar-refractivity contribution in [1.82, 2.24) is 4.98 Å². The smallest absolute Gasteiger partial charge is 0.245 e. The highest BCUT2D eigenvalue weighted by Gasteiger charge is 2.16. The first-order valence-electron chi connectivity index (χ1n) is 6.93. The lowest BCUT2D eigenvalue weighted by Crippen LogP contribution is -2.20. The Kier molecular flexibility index (Phi) is 4.02. The number of nitrogens with two attached hydrogens (primary N) is 1. The van der Waals surface area contributed by atoms with E-state index in [4.69, 9.17) is 5.73 Å². The van der Waals surface area contributed by atoms with E-state index in [1.807, 2.05) is 23.6 Å². The van der Waals surface area contributed by atoms with Gasteiger partial charge in [-0.05, 0) is 41.1 Å². The van der Waals surface area contributed by atoms with Crippen LogP contribution >= 0.6 is 11.3 Å². The summed E-state index contributed by atoms with van der Waals surface area (Å²) in [5, 5.41) is 4.71. The number of thiophene rings is 1. The molecule has 2 aromatic rings. The zero-order chi connectivity index (χ0) is 15.5. The second-order valence-electron chi connectivity index (χ2n) is 5.11. The van der Waals surface area contributed by atoms with Gasteiger partial charge in [0.25, 0.3) is 0 Å². The van der Waals surface area contributed by atoms with E-state index in [0.29, 0.717) is 30.7 Å². The minimum atomic E-state index is -0.431. The quantitative estimate of drug-likeness (QED) is 0.848. The highest BCUT2D eigenvalue weighted by atomic mass is 32.1. The molecule has 112 valence electrons. The molecule has 0 bridgehead atoms. The minimum Gasteiger partial charge on any atom is -0.366 e. The van der Waals surface area contributed by atoms with Crippen molar-refractivity contribution in [2.75, 3.05) is 5.32 Å². The molecule has 2 aromatic heterocycles. The van der Waals surface area contributed by atoms with E-state index in [1.165, 1.54) is 0 Å². The Morgan fingerprint density at radius 3 is 3.05 bits per heavy atom. The van der Waals surface area contributed by atoms with Gasteiger partial charge in [-0.2, -0.15) is 0 Å². The molecule has 0 fully saturated rings. The third kappa shape index (κ3) is 3.23. The average Bonchev–Trinajstić information content (AvgIpc) is 2.99. The highest BCUT2D eigenvalue weighted by Crippen LogP contribution is 2.23. The lowest BCUT2D eigenvalue weighted by Gasteiger charge is -2.15. The van der Waals surface area contributed by atoms with Gasteiger partial charge in [0.2, 0.25) is 11.8 Å². The van der Waals surface area contributed by atoms with Gasteiger partial charge in [0.15, 0.2) is 0 Å². The zero-order valence-corrected chi connectivity index (χ0v) is 12.7. The Morgan fingerprint density at radius 1 is 1.45 bits per heavy atom. The molecule has 3 N–H and O–H groups in total. The fourth-order valence-corrected chi connectivity index (χ4v) is 3.09. The third-order valence-corrected chi connectivity index (χ3v) is 4.35. The van der Waals surface area contributed by atoms with Gasteiger partial charge in [-0.3, -0.25) is 9.59 Å². The number of aryl methyl sites for hydroxylation is 1. The van der Waals surface area contributed by atoms with E-state index in [9.17, 15) is 9.59 Å². The lowest BCUT2D eigenvalue weighted by atomic mass is 10.0. The van der Waals surface area contributed by atoms with Gasteiger partial charge in [-0.15, -0.1) is 11.3 Å². The van der Waals surface area contributed by atoms with Crippen LogP contribution in [0, 0.1) is 0 Å². The summed E-state index contributed by atoms with van der Waals surface area (Å²) >= 11 is 1.59. The Morgan fingerprint density at radius 2 is 2.32 bits per heavy atom. The van der Waals surface area contributed by atoms with Gasteiger partial charge in [-0.1, -0.05) is 6.07 Å². The number of hydrogen-bond donors (Lipinski definition) is 2. The number of hydrogen-bond acceptors (Lipinski definition) is 4. The van der Waals surface area contributed by atoms with Crippen LogP contribution in [0.1, 0.15) is 22.4 Å². The molecule has 2 amide bonds. The Balaban J connectivity index is 1.88. The van der Waals surface area contributed by atoms with Gasteiger partial charge in [0.1, 0.15) is 5.82 Å². The predicted molar refractivity (Wildman–Crippen MR) is 86.4 cm³/mol. The van der Waals surface area contributed by atoms with Crippen LogP contribution in [0.25, 0.3) is 6.08 Å². The van der Waals surface area contributed by atoms with E-state index in [0.717, 1.165) is 16.0 Å². The van der Waals surface area contributed by atoms with E-state index < -0.39 is 5.91 Å². The fourth-order valence-electron chi connectivity index (χ4n) is 2.36. The number of carbonyl (C=O) groups is 2. The van der Waals surface area contributed by atoms with E-state index in [-0.39, 0.29) is 5.91 Å². The molecule has 6 heteroatoms. The molecular formula is C16H15N3O2S. The second-order valence-corrected chi connectivity index (χ2v) is 6.15. The number of primary amides is 1. The van der Waals surface area contributed by atoms with Crippen molar-refractivity contribution in [2.24, 2.45) is 5.73 Å². The van der Waals surface area contributed by atoms with Crippen molar-refractivity contribution in [3.8, 4) is 0 Å². The van der Waals surface area contributed by atoms with Gasteiger partial charge in [-0.25, -0.2) is 4.98 Å². The summed E-state index contributed by atoms with van der Waals surface area (Å²) in [7, 11) is 0. The first-order chi connectivity index (χ1) is 10.6. The first kappa shape index (κ1) is 14.5. The molecule has 1 aliphatic rings. The number of amides is 2. The molecule has 0 saturated carbocycles. The molecular weight excluding hydrogens is 298 g/mol. The Labute approximate surface area is 131 Å². The average molecular weight is 313 g/mol. The molecule has 1 aliphatic heterocycles. The van der Waals surface area contributed by atoms with E-state index in [1.54, 1.807) is 23.6 Å². The van der Waals surface area contributed by atoms with Gasteiger partial charge >= 0.3 is 0 Å². The molecule has 0 spiro atoms. The SMILES string of the molecule is NC(=O)C(=Cc1cnc2c(c1)CCC(=O)N2)Cc1cccs1. The van der Waals surface area contributed by atoms with Gasteiger partial charge in [0.05, 0.1) is 0 Å². The largest absolute Gasteiger partial charge is 0.366 e. The van der Waals surface area contributed by atoms with Crippen molar-refractivity contribution in [3.63, 3.8) is 0 Å². The normalized spacial score (nSPS) is 14.4. The van der Waals surface area contributed by atoms with Crippen LogP contribution in [0.3, 0.4) is 0 Å². The number of carbonyl (C=O) groups excluding carboxylic acids is 2. The highest BCUT2D eigenvalue weighted by molar-refractivity contribution is 7.09. The maximum Gasteiger partial charge on any atom is 0.245 e. The summed E-state index contributed by atoms with van der Waals surface area (Å²) in [5.41, 5.74) is 7.82. The standard InChI is InChI=1S/C16H15N3O2S/c17-15(21)12(8-13-2-1-5-22-13)7-10-6-11-3-4-14(20)19-16(11)18-9-10/h1-2,5-7,9H,3-4,8H2,(H2,17,21)(H,18,19,20). The number of anilines is 1. The van der Waals surface area contributed by atoms with Crippen molar-refractivity contribution >= 4 is 35.0 Å². The summed E-state index contributed by atoms with van der Waals surface area (Å²) in [6.07, 6.45) is 5.04. The summed E-state index contributed by atoms with van der Waals surface area (Å²) in [5.74, 6) is 0.158. The predicted octanol–water partition coefficient (Wildman–Crippen LogP) is 2.14. The first-order valence-corrected chi connectivity index (χ1v) is 7.81. The number of fused-ring (bicyclic) bond motifs is 1. The topological polar surface area (TPSA) is 85.1 Å². The molecule has 0 radical (unpaired) electrons. The molecule has 0 saturated heterocycles. The monoisotopic (exact) mass is 313 g/mol.